The number of anilines is 2. The van der Waals surface area contributed by atoms with Crippen molar-refractivity contribution in [3.63, 3.8) is 0 Å². The number of hydrogen-bond acceptors (Lipinski definition) is 4. The number of carbonyl (C=O) groups excluding carboxylic acids is 1. The van der Waals surface area contributed by atoms with Crippen molar-refractivity contribution in [2.75, 3.05) is 19.0 Å². The Kier molecular flexibility index (Phi) is 6.28. The fourth-order valence-electron chi connectivity index (χ4n) is 3.81. The average Bonchev–Trinajstić information content (AvgIpc) is 2.79. The third-order valence-electron chi connectivity index (χ3n) is 5.44. The number of hydrogen-bond donors (Lipinski definition) is 2. The summed E-state index contributed by atoms with van der Waals surface area (Å²) in [6.07, 6.45) is 8.11. The van der Waals surface area contributed by atoms with Crippen LogP contribution in [0.3, 0.4) is 0 Å². The number of methoxy groups -OCH3 is 1. The molecule has 1 aliphatic carbocycles. The lowest BCUT2D eigenvalue weighted by Gasteiger charge is -2.14. The zero-order chi connectivity index (χ0) is 20.8. The molecule has 0 unspecified atom stereocenters. The molecule has 3 aromatic rings. The summed E-state index contributed by atoms with van der Waals surface area (Å²) in [7, 11) is 1.64. The van der Waals surface area contributed by atoms with Crippen molar-refractivity contribution in [3.05, 3.63) is 71.8 Å². The number of carbonyl (C=O) groups is 1. The molecule has 0 saturated heterocycles. The fourth-order valence-corrected chi connectivity index (χ4v) is 3.81. The van der Waals surface area contributed by atoms with E-state index in [9.17, 15) is 4.79 Å². The van der Waals surface area contributed by atoms with E-state index in [1.807, 2.05) is 54.6 Å². The monoisotopic (exact) mass is 401 g/mol. The van der Waals surface area contributed by atoms with E-state index in [4.69, 9.17) is 4.74 Å². The summed E-state index contributed by atoms with van der Waals surface area (Å²) >= 11 is 0. The van der Waals surface area contributed by atoms with Crippen molar-refractivity contribution in [1.82, 2.24) is 10.3 Å². The van der Waals surface area contributed by atoms with E-state index in [2.05, 4.69) is 21.7 Å². The molecule has 5 heteroatoms. The van der Waals surface area contributed by atoms with Crippen LogP contribution in [0.15, 0.2) is 66.2 Å². The minimum Gasteiger partial charge on any atom is -0.497 e. The summed E-state index contributed by atoms with van der Waals surface area (Å²) in [5, 5.41) is 7.24. The average molecular weight is 402 g/mol. The molecule has 30 heavy (non-hydrogen) atoms. The Bertz CT molecular complexity index is 1060. The van der Waals surface area contributed by atoms with Gasteiger partial charge in [0.1, 0.15) is 11.6 Å². The van der Waals surface area contributed by atoms with Crippen molar-refractivity contribution in [2.24, 2.45) is 0 Å². The van der Waals surface area contributed by atoms with Crippen LogP contribution < -0.4 is 15.4 Å². The number of allylic oxidation sites excluding steroid dienone is 1. The van der Waals surface area contributed by atoms with Gasteiger partial charge in [0.25, 0.3) is 5.91 Å². The van der Waals surface area contributed by atoms with Crippen LogP contribution in [0.2, 0.25) is 0 Å². The summed E-state index contributed by atoms with van der Waals surface area (Å²) in [6.45, 7) is 0.655. The van der Waals surface area contributed by atoms with Gasteiger partial charge in [-0.1, -0.05) is 29.8 Å². The van der Waals surface area contributed by atoms with Crippen LogP contribution in [0.5, 0.6) is 5.75 Å². The number of fused-ring (bicyclic) bond motifs is 1. The number of benzene rings is 2. The third kappa shape index (κ3) is 4.79. The van der Waals surface area contributed by atoms with Gasteiger partial charge in [0.15, 0.2) is 0 Å². The molecule has 0 bridgehead atoms. The van der Waals surface area contributed by atoms with E-state index in [-0.39, 0.29) is 5.91 Å². The van der Waals surface area contributed by atoms with Crippen LogP contribution in [0, 0.1) is 0 Å². The standard InChI is InChI=1S/C25H27N3O2/c1-30-20-13-11-19(12-14-20)27-24-17-22(21-9-5-6-10-23(21)28-24)25(29)26-16-15-18-7-3-2-4-8-18/h5-7,9-14,17H,2-4,8,15-16H2,1H3,(H,26,29)(H,27,28). The van der Waals surface area contributed by atoms with E-state index in [0.29, 0.717) is 17.9 Å². The van der Waals surface area contributed by atoms with Crippen LogP contribution in [-0.2, 0) is 0 Å². The SMILES string of the molecule is COc1ccc(Nc2cc(C(=O)NCCC3=CCCCC3)c3ccccc3n2)cc1. The maximum atomic E-state index is 13.0. The normalized spacial score (nSPS) is 13.6. The highest BCUT2D eigenvalue weighted by molar-refractivity contribution is 6.07. The Morgan fingerprint density at radius 3 is 2.70 bits per heavy atom. The fraction of sp³-hybridized carbons (Fsp3) is 0.280. The van der Waals surface area contributed by atoms with Crippen LogP contribution in [0.25, 0.3) is 10.9 Å². The van der Waals surface area contributed by atoms with E-state index in [1.54, 1.807) is 7.11 Å². The van der Waals surface area contributed by atoms with Gasteiger partial charge in [-0.3, -0.25) is 4.79 Å². The summed E-state index contributed by atoms with van der Waals surface area (Å²) < 4.78 is 5.21. The van der Waals surface area contributed by atoms with E-state index in [1.165, 1.54) is 24.8 Å². The van der Waals surface area contributed by atoms with Crippen LogP contribution in [-0.4, -0.2) is 24.5 Å². The lowest BCUT2D eigenvalue weighted by molar-refractivity contribution is 0.0955. The number of nitrogens with zero attached hydrogens (tertiary/aromatic N) is 1. The van der Waals surface area contributed by atoms with Gasteiger partial charge in [-0.15, -0.1) is 0 Å². The van der Waals surface area contributed by atoms with Crippen LogP contribution in [0.4, 0.5) is 11.5 Å². The molecule has 0 aliphatic heterocycles. The molecule has 1 aliphatic rings. The molecule has 0 atom stereocenters. The smallest absolute Gasteiger partial charge is 0.252 e. The molecule has 1 amide bonds. The highest BCUT2D eigenvalue weighted by atomic mass is 16.5. The molecule has 1 aromatic heterocycles. The number of rotatable bonds is 7. The zero-order valence-electron chi connectivity index (χ0n) is 17.3. The summed E-state index contributed by atoms with van der Waals surface area (Å²) in [6, 6.07) is 17.2. The van der Waals surface area contributed by atoms with Gasteiger partial charge in [-0.2, -0.15) is 0 Å². The van der Waals surface area contributed by atoms with Crippen molar-refractivity contribution in [2.45, 2.75) is 32.1 Å². The van der Waals surface area contributed by atoms with Gasteiger partial charge < -0.3 is 15.4 Å². The summed E-state index contributed by atoms with van der Waals surface area (Å²) in [4.78, 5) is 17.7. The molecule has 2 aromatic carbocycles. The minimum absolute atomic E-state index is 0.0669. The predicted molar refractivity (Wildman–Crippen MR) is 122 cm³/mol. The molecular weight excluding hydrogens is 374 g/mol. The lowest BCUT2D eigenvalue weighted by Crippen LogP contribution is -2.25. The van der Waals surface area contributed by atoms with Crippen LogP contribution >= 0.6 is 0 Å². The zero-order valence-corrected chi connectivity index (χ0v) is 17.3. The number of ether oxygens (including phenoxy) is 1. The number of aromatic nitrogens is 1. The highest BCUT2D eigenvalue weighted by Crippen LogP contribution is 2.25. The van der Waals surface area contributed by atoms with Gasteiger partial charge >= 0.3 is 0 Å². The first kappa shape index (κ1) is 20.0. The first-order valence-electron chi connectivity index (χ1n) is 10.5. The second-order valence-corrected chi connectivity index (χ2v) is 7.54. The first-order chi connectivity index (χ1) is 14.7. The number of amides is 1. The Hall–Kier alpha value is -3.34. The molecule has 5 nitrogen and oxygen atoms in total. The van der Waals surface area contributed by atoms with Crippen molar-refractivity contribution < 1.29 is 9.53 Å². The topological polar surface area (TPSA) is 63.2 Å². The number of pyridine rings is 1. The minimum atomic E-state index is -0.0669. The molecule has 0 fully saturated rings. The van der Waals surface area contributed by atoms with E-state index >= 15 is 0 Å². The molecule has 1 heterocycles. The van der Waals surface area contributed by atoms with E-state index < -0.39 is 0 Å². The Morgan fingerprint density at radius 2 is 1.93 bits per heavy atom. The molecule has 154 valence electrons. The summed E-state index contributed by atoms with van der Waals surface area (Å²) in [5.41, 5.74) is 3.77. The maximum absolute atomic E-state index is 13.0. The molecule has 4 rings (SSSR count). The third-order valence-corrected chi connectivity index (χ3v) is 5.44. The molecule has 2 N–H and O–H groups in total. The van der Waals surface area contributed by atoms with Gasteiger partial charge in [0.05, 0.1) is 18.2 Å². The molecule has 0 radical (unpaired) electrons. The quantitative estimate of drug-likeness (QED) is 0.505. The Labute approximate surface area is 177 Å². The highest BCUT2D eigenvalue weighted by Gasteiger charge is 2.13. The number of nitrogens with one attached hydrogen (secondary N) is 2. The first-order valence-corrected chi connectivity index (χ1v) is 10.5. The summed E-state index contributed by atoms with van der Waals surface area (Å²) in [5.74, 6) is 1.36. The Balaban J connectivity index is 1.53. The maximum Gasteiger partial charge on any atom is 0.252 e. The van der Waals surface area contributed by atoms with Crippen LogP contribution in [0.1, 0.15) is 42.5 Å². The van der Waals surface area contributed by atoms with Gasteiger partial charge in [0.2, 0.25) is 0 Å². The van der Waals surface area contributed by atoms with Gasteiger partial charge in [-0.25, -0.2) is 4.98 Å². The van der Waals surface area contributed by atoms with Gasteiger partial charge in [0, 0.05) is 17.6 Å². The second-order valence-electron chi connectivity index (χ2n) is 7.54. The molecule has 0 spiro atoms. The lowest BCUT2D eigenvalue weighted by atomic mass is 9.97. The second kappa shape index (κ2) is 9.44. The van der Waals surface area contributed by atoms with E-state index in [0.717, 1.165) is 35.2 Å². The van der Waals surface area contributed by atoms with Gasteiger partial charge in [-0.05, 0) is 68.5 Å². The van der Waals surface area contributed by atoms with Crippen molar-refractivity contribution in [3.8, 4) is 5.75 Å². The van der Waals surface area contributed by atoms with Crippen molar-refractivity contribution >= 4 is 28.3 Å². The predicted octanol–water partition coefficient (Wildman–Crippen LogP) is 5.61. The number of para-hydroxylation sites is 1. The van der Waals surface area contributed by atoms with Crippen molar-refractivity contribution in [1.29, 1.82) is 0 Å². The molecular formula is C25H27N3O2. The molecule has 0 saturated carbocycles. The Morgan fingerprint density at radius 1 is 1.10 bits per heavy atom. The largest absolute Gasteiger partial charge is 0.497 e.